The van der Waals surface area contributed by atoms with E-state index in [0.29, 0.717) is 18.0 Å². The molecule has 154 valence electrons. The fourth-order valence-electron chi connectivity index (χ4n) is 3.55. The minimum absolute atomic E-state index is 0. The van der Waals surface area contributed by atoms with Gasteiger partial charge in [0.25, 0.3) is 0 Å². The molecule has 27 heavy (non-hydrogen) atoms. The lowest BCUT2D eigenvalue weighted by Crippen LogP contribution is -2.44. The number of guanidine groups is 1. The lowest BCUT2D eigenvalue weighted by molar-refractivity contribution is 0.128. The maximum atomic E-state index is 5.55. The quantitative estimate of drug-likeness (QED) is 0.241. The molecule has 0 aliphatic heterocycles. The van der Waals surface area contributed by atoms with Gasteiger partial charge in [0, 0.05) is 32.8 Å². The third-order valence-electron chi connectivity index (χ3n) is 5.83. The monoisotopic (exact) mass is 490 g/mol. The number of aromatic nitrogens is 3. The predicted octanol–water partition coefficient (Wildman–Crippen LogP) is 2.93. The number of nitrogens with zero attached hydrogens (tertiary/aromatic N) is 4. The largest absolute Gasteiger partial charge is 0.382 e. The fourth-order valence-corrected chi connectivity index (χ4v) is 3.55. The first-order valence-corrected chi connectivity index (χ1v) is 10.1. The van der Waals surface area contributed by atoms with Crippen LogP contribution in [0.25, 0.3) is 0 Å². The van der Waals surface area contributed by atoms with Crippen LogP contribution in [0.1, 0.15) is 63.5 Å². The molecule has 3 rings (SSSR count). The molecule has 2 N–H and O–H groups in total. The summed E-state index contributed by atoms with van der Waals surface area (Å²) in [6.07, 6.45) is 8.79. The average molecular weight is 490 g/mol. The number of halogens is 1. The molecule has 1 heterocycles. The first-order valence-electron chi connectivity index (χ1n) is 10.1. The summed E-state index contributed by atoms with van der Waals surface area (Å²) in [5.41, 5.74) is 0.397. The van der Waals surface area contributed by atoms with Crippen LogP contribution in [0.5, 0.6) is 0 Å². The molecule has 0 saturated heterocycles. The van der Waals surface area contributed by atoms with E-state index in [-0.39, 0.29) is 24.0 Å². The van der Waals surface area contributed by atoms with Gasteiger partial charge in [0.2, 0.25) is 0 Å². The van der Waals surface area contributed by atoms with Crippen molar-refractivity contribution in [2.24, 2.45) is 17.5 Å². The molecule has 8 heteroatoms. The molecule has 0 unspecified atom stereocenters. The fraction of sp³-hybridized carbons (Fsp3) is 0.842. The molecule has 1 aromatic rings. The van der Waals surface area contributed by atoms with E-state index in [1.165, 1.54) is 38.5 Å². The molecule has 2 aliphatic rings. The van der Waals surface area contributed by atoms with E-state index >= 15 is 0 Å². The van der Waals surface area contributed by atoms with Crippen molar-refractivity contribution in [3.63, 3.8) is 0 Å². The van der Waals surface area contributed by atoms with Gasteiger partial charge in [0.1, 0.15) is 12.4 Å². The Morgan fingerprint density at radius 1 is 1.30 bits per heavy atom. The number of rotatable bonds is 9. The Balaban J connectivity index is 0.00000261. The summed E-state index contributed by atoms with van der Waals surface area (Å²) in [5.74, 6) is 2.73. The van der Waals surface area contributed by atoms with Crippen molar-refractivity contribution >= 4 is 29.9 Å². The zero-order chi connectivity index (χ0) is 18.4. The maximum Gasteiger partial charge on any atom is 0.191 e. The van der Waals surface area contributed by atoms with E-state index in [0.717, 1.165) is 43.8 Å². The van der Waals surface area contributed by atoms with E-state index in [1.807, 2.05) is 18.5 Å². The molecule has 1 aromatic heterocycles. The minimum atomic E-state index is 0. The van der Waals surface area contributed by atoms with E-state index < -0.39 is 0 Å². The Bertz CT molecular complexity index is 607. The van der Waals surface area contributed by atoms with Crippen molar-refractivity contribution in [1.29, 1.82) is 0 Å². The van der Waals surface area contributed by atoms with Gasteiger partial charge < -0.3 is 19.9 Å². The molecular weight excluding hydrogens is 455 g/mol. The van der Waals surface area contributed by atoms with Gasteiger partial charge in [-0.05, 0) is 51.4 Å². The maximum absolute atomic E-state index is 5.55. The zero-order valence-electron chi connectivity index (χ0n) is 17.0. The zero-order valence-corrected chi connectivity index (χ0v) is 19.3. The molecule has 0 aromatic carbocycles. The third-order valence-corrected chi connectivity index (χ3v) is 5.83. The summed E-state index contributed by atoms with van der Waals surface area (Å²) in [4.78, 5) is 4.80. The number of ether oxygens (including phenoxy) is 1. The first kappa shape index (κ1) is 22.4. The summed E-state index contributed by atoms with van der Waals surface area (Å²) in [7, 11) is 1.99. The van der Waals surface area contributed by atoms with Crippen LogP contribution in [-0.2, 0) is 18.3 Å². The van der Waals surface area contributed by atoms with Gasteiger partial charge in [-0.2, -0.15) is 0 Å². The first-order chi connectivity index (χ1) is 12.6. The highest BCUT2D eigenvalue weighted by Crippen LogP contribution is 2.48. The Morgan fingerprint density at radius 2 is 2.04 bits per heavy atom. The second-order valence-electron chi connectivity index (χ2n) is 7.81. The van der Waals surface area contributed by atoms with E-state index in [9.17, 15) is 0 Å². The summed E-state index contributed by atoms with van der Waals surface area (Å²) in [6.45, 7) is 7.20. The molecule has 2 aliphatic carbocycles. The summed E-state index contributed by atoms with van der Waals surface area (Å²) >= 11 is 0. The second kappa shape index (κ2) is 10.6. The van der Waals surface area contributed by atoms with Crippen molar-refractivity contribution in [1.82, 2.24) is 25.4 Å². The van der Waals surface area contributed by atoms with Crippen molar-refractivity contribution < 1.29 is 4.74 Å². The van der Waals surface area contributed by atoms with Crippen LogP contribution in [0.4, 0.5) is 0 Å². The molecule has 0 radical (unpaired) electrons. The topological polar surface area (TPSA) is 76.4 Å². The number of hydrogen-bond acceptors (Lipinski definition) is 4. The van der Waals surface area contributed by atoms with E-state index in [2.05, 4.69) is 27.8 Å². The summed E-state index contributed by atoms with van der Waals surface area (Å²) in [5, 5.41) is 15.6. The Morgan fingerprint density at radius 3 is 2.63 bits per heavy atom. The van der Waals surface area contributed by atoms with Crippen LogP contribution < -0.4 is 10.6 Å². The molecule has 7 nitrogen and oxygen atoms in total. The molecular formula is C19H35IN6O. The van der Waals surface area contributed by atoms with Crippen LogP contribution in [0, 0.1) is 12.3 Å². The molecule has 0 spiro atoms. The number of hydrogen-bond donors (Lipinski definition) is 2. The number of aryl methyl sites for hydroxylation is 1. The van der Waals surface area contributed by atoms with Gasteiger partial charge in [-0.3, -0.25) is 0 Å². The molecule has 2 saturated carbocycles. The Hall–Kier alpha value is -0.900. The van der Waals surface area contributed by atoms with E-state index in [1.54, 1.807) is 0 Å². The standard InChI is InChI=1S/C19H34N6O.HI/c1-4-26-12-11-19(9-10-19)14-21-18(22-16-7-5-6-8-16)20-13-17-24-23-15(2)25(17)3;/h16H,4-14H2,1-3H3,(H2,20,21,22);1H. The van der Waals surface area contributed by atoms with Crippen LogP contribution in [0.3, 0.4) is 0 Å². The Kier molecular flexibility index (Phi) is 8.78. The third kappa shape index (κ3) is 6.58. The smallest absolute Gasteiger partial charge is 0.191 e. The molecule has 0 amide bonds. The number of nitrogens with one attached hydrogen (secondary N) is 2. The van der Waals surface area contributed by atoms with Crippen LogP contribution in [0.2, 0.25) is 0 Å². The summed E-state index contributed by atoms with van der Waals surface area (Å²) < 4.78 is 7.55. The molecule has 0 bridgehead atoms. The highest BCUT2D eigenvalue weighted by molar-refractivity contribution is 14.0. The van der Waals surface area contributed by atoms with Gasteiger partial charge >= 0.3 is 0 Å². The molecule has 2 fully saturated rings. The van der Waals surface area contributed by atoms with Crippen molar-refractivity contribution in [3.05, 3.63) is 11.6 Å². The SMILES string of the molecule is CCOCCC1(CNC(=NCc2nnc(C)n2C)NC2CCCC2)CC1.I. The van der Waals surface area contributed by atoms with Crippen LogP contribution >= 0.6 is 24.0 Å². The predicted molar refractivity (Wildman–Crippen MR) is 118 cm³/mol. The van der Waals surface area contributed by atoms with Gasteiger partial charge in [-0.1, -0.05) is 12.8 Å². The van der Waals surface area contributed by atoms with Crippen molar-refractivity contribution in [2.45, 2.75) is 71.4 Å². The van der Waals surface area contributed by atoms with E-state index in [4.69, 9.17) is 9.73 Å². The normalized spacial score (nSPS) is 19.0. The highest BCUT2D eigenvalue weighted by Gasteiger charge is 2.42. The molecule has 0 atom stereocenters. The second-order valence-corrected chi connectivity index (χ2v) is 7.81. The lowest BCUT2D eigenvalue weighted by Gasteiger charge is -2.21. The minimum Gasteiger partial charge on any atom is -0.382 e. The van der Waals surface area contributed by atoms with Gasteiger partial charge in [-0.15, -0.1) is 34.2 Å². The van der Waals surface area contributed by atoms with Gasteiger partial charge in [0.15, 0.2) is 11.8 Å². The van der Waals surface area contributed by atoms with Gasteiger partial charge in [-0.25, -0.2) is 4.99 Å². The number of aliphatic imine (C=N–C) groups is 1. The Labute approximate surface area is 180 Å². The average Bonchev–Trinajstić information content (AvgIpc) is 3.07. The summed E-state index contributed by atoms with van der Waals surface area (Å²) in [6, 6.07) is 0.543. The lowest BCUT2D eigenvalue weighted by atomic mass is 10.0. The van der Waals surface area contributed by atoms with Crippen molar-refractivity contribution in [2.75, 3.05) is 19.8 Å². The van der Waals surface area contributed by atoms with Crippen molar-refractivity contribution in [3.8, 4) is 0 Å². The van der Waals surface area contributed by atoms with Gasteiger partial charge in [0.05, 0.1) is 0 Å². The highest BCUT2D eigenvalue weighted by atomic mass is 127. The van der Waals surface area contributed by atoms with Crippen LogP contribution in [-0.4, -0.2) is 46.5 Å². The van der Waals surface area contributed by atoms with Crippen LogP contribution in [0.15, 0.2) is 4.99 Å².